The summed E-state index contributed by atoms with van der Waals surface area (Å²) < 4.78 is 1.64. The Hall–Kier alpha value is -1.59. The lowest BCUT2D eigenvalue weighted by Gasteiger charge is -2.12. The van der Waals surface area contributed by atoms with Gasteiger partial charge in [0, 0.05) is 27.9 Å². The summed E-state index contributed by atoms with van der Waals surface area (Å²) in [5.41, 5.74) is 0.444. The van der Waals surface area contributed by atoms with E-state index in [2.05, 4.69) is 4.98 Å². The summed E-state index contributed by atoms with van der Waals surface area (Å²) in [6, 6.07) is 3.74. The lowest BCUT2D eigenvalue weighted by atomic mass is 10.1. The molecule has 0 saturated carbocycles. The van der Waals surface area contributed by atoms with Crippen molar-refractivity contribution in [3.8, 4) is 0 Å². The molecule has 2 aromatic rings. The van der Waals surface area contributed by atoms with Crippen molar-refractivity contribution in [3.05, 3.63) is 62.6 Å². The zero-order chi connectivity index (χ0) is 13.1. The van der Waals surface area contributed by atoms with Crippen molar-refractivity contribution in [3.63, 3.8) is 0 Å². The molecule has 1 unspecified atom stereocenters. The summed E-state index contributed by atoms with van der Waals surface area (Å²) in [4.78, 5) is 14.6. The molecule has 0 fully saturated rings. The molecule has 0 saturated heterocycles. The molecule has 0 bridgehead atoms. The first-order valence-electron chi connectivity index (χ1n) is 5.12. The fourth-order valence-electron chi connectivity index (χ4n) is 1.64. The molecule has 94 valence electrons. The average Bonchev–Trinajstić information content (AvgIpc) is 2.79. The third kappa shape index (κ3) is 2.80. The number of hydrogen-bond donors (Lipinski definition) is 0. The van der Waals surface area contributed by atoms with E-state index in [0.29, 0.717) is 15.6 Å². The van der Waals surface area contributed by atoms with E-state index in [0.717, 1.165) is 0 Å². The first kappa shape index (κ1) is 12.9. The van der Waals surface area contributed by atoms with Crippen LogP contribution in [-0.4, -0.2) is 14.5 Å². The minimum Gasteiger partial charge on any atom is -0.330 e. The van der Waals surface area contributed by atoms with E-state index in [1.165, 1.54) is 12.4 Å². The zero-order valence-electron chi connectivity index (χ0n) is 9.16. The van der Waals surface area contributed by atoms with Crippen LogP contribution in [0.1, 0.15) is 11.6 Å². The summed E-state index contributed by atoms with van der Waals surface area (Å²) >= 11 is 11.8. The SMILES string of the molecule is O=[N+]([O-])C(Cn1ccnc1)c1ccc(Cl)cc1Cl. The normalized spacial score (nSPS) is 12.3. The van der Waals surface area contributed by atoms with Gasteiger partial charge in [0.1, 0.15) is 0 Å². The Morgan fingerprint density at radius 1 is 1.44 bits per heavy atom. The molecule has 1 heterocycles. The molecule has 0 aliphatic heterocycles. The molecular weight excluding hydrogens is 277 g/mol. The second-order valence-corrected chi connectivity index (χ2v) is 4.57. The van der Waals surface area contributed by atoms with E-state index >= 15 is 0 Å². The Balaban J connectivity index is 2.32. The molecular formula is C11H9Cl2N3O2. The van der Waals surface area contributed by atoms with Gasteiger partial charge in [0.15, 0.2) is 0 Å². The van der Waals surface area contributed by atoms with E-state index in [-0.39, 0.29) is 11.5 Å². The Bertz CT molecular complexity index is 557. The van der Waals surface area contributed by atoms with Crippen molar-refractivity contribution >= 4 is 23.2 Å². The van der Waals surface area contributed by atoms with Crippen LogP contribution < -0.4 is 0 Å². The second-order valence-electron chi connectivity index (χ2n) is 3.73. The highest BCUT2D eigenvalue weighted by Gasteiger charge is 2.25. The minimum absolute atomic E-state index is 0.175. The molecule has 1 aromatic carbocycles. The van der Waals surface area contributed by atoms with Crippen molar-refractivity contribution in [2.75, 3.05) is 0 Å². The highest BCUT2D eigenvalue weighted by atomic mass is 35.5. The number of imidazole rings is 1. The standard InChI is InChI=1S/C11H9Cl2N3O2/c12-8-1-2-9(10(13)5-8)11(16(17)18)6-15-4-3-14-7-15/h1-5,7,11H,6H2. The van der Waals surface area contributed by atoms with E-state index in [9.17, 15) is 10.1 Å². The van der Waals surface area contributed by atoms with Gasteiger partial charge in [-0.05, 0) is 18.2 Å². The van der Waals surface area contributed by atoms with Gasteiger partial charge in [0.25, 0.3) is 6.04 Å². The highest BCUT2D eigenvalue weighted by Crippen LogP contribution is 2.29. The van der Waals surface area contributed by atoms with Crippen LogP contribution in [0.4, 0.5) is 0 Å². The van der Waals surface area contributed by atoms with E-state index < -0.39 is 6.04 Å². The van der Waals surface area contributed by atoms with Gasteiger partial charge < -0.3 is 4.57 Å². The van der Waals surface area contributed by atoms with Crippen LogP contribution in [0.15, 0.2) is 36.9 Å². The number of benzene rings is 1. The van der Waals surface area contributed by atoms with E-state index in [4.69, 9.17) is 23.2 Å². The van der Waals surface area contributed by atoms with Gasteiger partial charge in [-0.15, -0.1) is 0 Å². The molecule has 7 heteroatoms. The van der Waals surface area contributed by atoms with Crippen molar-refractivity contribution in [2.24, 2.45) is 0 Å². The van der Waals surface area contributed by atoms with E-state index in [1.807, 2.05) is 0 Å². The van der Waals surface area contributed by atoms with E-state index in [1.54, 1.807) is 29.1 Å². The molecule has 1 aromatic heterocycles. The monoisotopic (exact) mass is 285 g/mol. The Labute approximate surface area is 113 Å². The lowest BCUT2D eigenvalue weighted by Crippen LogP contribution is -2.17. The molecule has 0 radical (unpaired) electrons. The van der Waals surface area contributed by atoms with Crippen LogP contribution >= 0.6 is 23.2 Å². The number of nitrogens with zero attached hydrogens (tertiary/aromatic N) is 3. The van der Waals surface area contributed by atoms with Crippen molar-refractivity contribution in [2.45, 2.75) is 12.6 Å². The zero-order valence-corrected chi connectivity index (χ0v) is 10.7. The van der Waals surface area contributed by atoms with Gasteiger partial charge in [-0.3, -0.25) is 10.1 Å². The maximum absolute atomic E-state index is 11.1. The summed E-state index contributed by atoms with van der Waals surface area (Å²) in [7, 11) is 0. The second kappa shape index (κ2) is 5.37. The Kier molecular flexibility index (Phi) is 3.84. The van der Waals surface area contributed by atoms with Crippen LogP contribution in [0.5, 0.6) is 0 Å². The summed E-state index contributed by atoms with van der Waals surface area (Å²) in [6.07, 6.45) is 4.77. The summed E-state index contributed by atoms with van der Waals surface area (Å²) in [5, 5.41) is 11.9. The third-order valence-electron chi connectivity index (χ3n) is 2.52. The van der Waals surface area contributed by atoms with Gasteiger partial charge in [-0.25, -0.2) is 4.98 Å². The van der Waals surface area contributed by atoms with Crippen molar-refractivity contribution < 1.29 is 4.92 Å². The minimum atomic E-state index is -0.927. The van der Waals surface area contributed by atoms with Crippen LogP contribution in [-0.2, 0) is 6.54 Å². The first-order chi connectivity index (χ1) is 8.58. The van der Waals surface area contributed by atoms with Crippen molar-refractivity contribution in [1.29, 1.82) is 0 Å². The first-order valence-corrected chi connectivity index (χ1v) is 5.87. The number of rotatable bonds is 4. The Morgan fingerprint density at radius 2 is 2.22 bits per heavy atom. The van der Waals surface area contributed by atoms with Gasteiger partial charge in [-0.1, -0.05) is 23.2 Å². The number of hydrogen-bond acceptors (Lipinski definition) is 3. The number of halogens is 2. The van der Waals surface area contributed by atoms with Crippen LogP contribution in [0, 0.1) is 10.1 Å². The molecule has 0 amide bonds. The average molecular weight is 286 g/mol. The number of aromatic nitrogens is 2. The fraction of sp³-hybridized carbons (Fsp3) is 0.182. The molecule has 0 N–H and O–H groups in total. The maximum atomic E-state index is 11.1. The van der Waals surface area contributed by atoms with Gasteiger partial charge in [0.05, 0.1) is 17.9 Å². The topological polar surface area (TPSA) is 61.0 Å². The molecule has 0 aliphatic rings. The fourth-order valence-corrected chi connectivity index (χ4v) is 2.18. The molecule has 0 aliphatic carbocycles. The lowest BCUT2D eigenvalue weighted by molar-refractivity contribution is -0.531. The number of nitro groups is 1. The van der Waals surface area contributed by atoms with Crippen molar-refractivity contribution in [1.82, 2.24) is 9.55 Å². The van der Waals surface area contributed by atoms with Crippen LogP contribution in [0.2, 0.25) is 10.0 Å². The molecule has 0 spiro atoms. The van der Waals surface area contributed by atoms with Gasteiger partial charge in [-0.2, -0.15) is 0 Å². The van der Waals surface area contributed by atoms with Gasteiger partial charge in [0.2, 0.25) is 0 Å². The molecule has 2 rings (SSSR count). The van der Waals surface area contributed by atoms with Gasteiger partial charge >= 0.3 is 0 Å². The molecule has 1 atom stereocenters. The maximum Gasteiger partial charge on any atom is 0.257 e. The third-order valence-corrected chi connectivity index (χ3v) is 3.08. The van der Waals surface area contributed by atoms with Crippen LogP contribution in [0.25, 0.3) is 0 Å². The predicted octanol–water partition coefficient (Wildman–Crippen LogP) is 3.21. The quantitative estimate of drug-likeness (QED) is 0.640. The smallest absolute Gasteiger partial charge is 0.257 e. The summed E-state index contributed by atoms with van der Waals surface area (Å²) in [6.45, 7) is 0.175. The predicted molar refractivity (Wildman–Crippen MR) is 68.4 cm³/mol. The Morgan fingerprint density at radius 3 is 2.78 bits per heavy atom. The molecule has 5 nitrogen and oxygen atoms in total. The summed E-state index contributed by atoms with van der Waals surface area (Å²) in [5.74, 6) is 0. The largest absolute Gasteiger partial charge is 0.330 e. The highest BCUT2D eigenvalue weighted by molar-refractivity contribution is 6.35. The molecule has 18 heavy (non-hydrogen) atoms. The van der Waals surface area contributed by atoms with Crippen LogP contribution in [0.3, 0.4) is 0 Å².